The molecule has 0 radical (unpaired) electrons. The molecule has 0 saturated carbocycles. The molecule has 9 nitrogen and oxygen atoms in total. The first-order valence-corrected chi connectivity index (χ1v) is 14.0. The van der Waals surface area contributed by atoms with Crippen LogP contribution in [0.25, 0.3) is 5.65 Å². The number of aromatic nitrogens is 2. The van der Waals surface area contributed by atoms with Crippen molar-refractivity contribution < 1.29 is 31.1 Å². The van der Waals surface area contributed by atoms with Crippen molar-refractivity contribution >= 4 is 33.5 Å². The number of benzene rings is 1. The van der Waals surface area contributed by atoms with E-state index >= 15 is 0 Å². The average molecular weight is 566 g/mol. The fourth-order valence-electron chi connectivity index (χ4n) is 4.40. The number of Topliss-reactive ketones (excluding diaryl/α,β-unsaturated/α-hetero) is 1. The number of carbonyl (C=O) groups excluding carboxylic acids is 1. The Morgan fingerprint density at radius 1 is 1.05 bits per heavy atom. The van der Waals surface area contributed by atoms with E-state index in [9.17, 15) is 26.4 Å². The van der Waals surface area contributed by atoms with Gasteiger partial charge in [-0.2, -0.15) is 26.7 Å². The second-order valence-electron chi connectivity index (χ2n) is 9.13. The molecule has 0 bridgehead atoms. The fourth-order valence-corrected chi connectivity index (χ4v) is 5.15. The third-order valence-corrected chi connectivity index (χ3v) is 7.97. The number of pyridine rings is 1. The third-order valence-electron chi connectivity index (χ3n) is 6.49. The first-order valence-electron chi connectivity index (χ1n) is 12.6. The summed E-state index contributed by atoms with van der Waals surface area (Å²) in [7, 11) is -3.79. The minimum absolute atomic E-state index is 0.0101. The molecule has 3 aromatic rings. The highest BCUT2D eigenvalue weighted by atomic mass is 32.2. The summed E-state index contributed by atoms with van der Waals surface area (Å²) in [5.41, 5.74) is -0.689. The summed E-state index contributed by atoms with van der Waals surface area (Å²) < 4.78 is 68.6. The average Bonchev–Trinajstić information content (AvgIpc) is 3.30. The SMILES string of the molecule is CCc1nc2ccc(CCCOC)cn2c1C(=O)CCc1ccc(N2CCN(S(=O)(=O)C(F)(F)F)C=N2)cc1. The van der Waals surface area contributed by atoms with Crippen LogP contribution < -0.4 is 5.01 Å². The van der Waals surface area contributed by atoms with Crippen LogP contribution in [0.1, 0.15) is 47.1 Å². The summed E-state index contributed by atoms with van der Waals surface area (Å²) in [5, 5.41) is 5.29. The smallest absolute Gasteiger partial charge is 0.385 e. The maximum Gasteiger partial charge on any atom is 0.516 e. The maximum atomic E-state index is 13.3. The van der Waals surface area contributed by atoms with E-state index in [0.29, 0.717) is 37.2 Å². The molecule has 4 rings (SSSR count). The number of rotatable bonds is 11. The lowest BCUT2D eigenvalue weighted by Gasteiger charge is -2.29. The maximum absolute atomic E-state index is 13.3. The van der Waals surface area contributed by atoms with Crippen LogP contribution in [0.4, 0.5) is 18.9 Å². The lowest BCUT2D eigenvalue weighted by Crippen LogP contribution is -2.46. The number of methoxy groups -OCH3 is 1. The Morgan fingerprint density at radius 3 is 2.38 bits per heavy atom. The number of fused-ring (bicyclic) bond motifs is 1. The lowest BCUT2D eigenvalue weighted by molar-refractivity contribution is -0.0471. The minimum atomic E-state index is -5.46. The van der Waals surface area contributed by atoms with E-state index < -0.39 is 15.5 Å². The Hall–Kier alpha value is -3.45. The van der Waals surface area contributed by atoms with Crippen LogP contribution in [0.5, 0.6) is 0 Å². The molecule has 2 aromatic heterocycles. The number of ketones is 1. The number of carbonyl (C=O) groups is 1. The van der Waals surface area contributed by atoms with E-state index in [2.05, 4.69) is 10.1 Å². The van der Waals surface area contributed by atoms with Crippen LogP contribution >= 0.6 is 0 Å². The molecule has 0 fully saturated rings. The van der Waals surface area contributed by atoms with E-state index in [1.54, 1.807) is 19.2 Å². The molecule has 0 N–H and O–H groups in total. The third kappa shape index (κ3) is 6.25. The van der Waals surface area contributed by atoms with E-state index in [4.69, 9.17) is 4.74 Å². The van der Waals surface area contributed by atoms with Gasteiger partial charge in [-0.1, -0.05) is 25.1 Å². The highest BCUT2D eigenvalue weighted by Crippen LogP contribution is 2.28. The molecule has 0 unspecified atom stereocenters. The van der Waals surface area contributed by atoms with Gasteiger partial charge >= 0.3 is 15.5 Å². The molecular weight excluding hydrogens is 535 g/mol. The predicted molar refractivity (Wildman–Crippen MR) is 141 cm³/mol. The summed E-state index contributed by atoms with van der Waals surface area (Å²) in [6.07, 6.45) is 5.76. The van der Waals surface area contributed by atoms with Crippen LogP contribution in [0, 0.1) is 0 Å². The van der Waals surface area contributed by atoms with Gasteiger partial charge in [0.2, 0.25) is 0 Å². The second-order valence-corrected chi connectivity index (χ2v) is 11.0. The summed E-state index contributed by atoms with van der Waals surface area (Å²) in [6.45, 7) is 2.22. The molecule has 1 aromatic carbocycles. The summed E-state index contributed by atoms with van der Waals surface area (Å²) in [4.78, 5) is 17.9. The lowest BCUT2D eigenvalue weighted by atomic mass is 10.0. The largest absolute Gasteiger partial charge is 0.516 e. The van der Waals surface area contributed by atoms with Gasteiger partial charge in [0.1, 0.15) is 17.7 Å². The number of hydrogen-bond acceptors (Lipinski definition) is 7. The topological polar surface area (TPSA) is 96.6 Å². The Kier molecular flexibility index (Phi) is 8.60. The molecule has 0 amide bonds. The molecule has 0 saturated heterocycles. The number of anilines is 1. The van der Waals surface area contributed by atoms with Crippen molar-refractivity contribution in [3.05, 3.63) is 65.1 Å². The van der Waals surface area contributed by atoms with E-state index in [1.165, 1.54) is 5.01 Å². The van der Waals surface area contributed by atoms with Crippen molar-refractivity contribution in [2.75, 3.05) is 31.8 Å². The first kappa shape index (κ1) is 28.6. The van der Waals surface area contributed by atoms with Gasteiger partial charge in [0.25, 0.3) is 0 Å². The van der Waals surface area contributed by atoms with E-state index in [-0.39, 0.29) is 29.6 Å². The number of alkyl halides is 3. The van der Waals surface area contributed by atoms with Crippen LogP contribution in [-0.4, -0.2) is 66.5 Å². The van der Waals surface area contributed by atoms with Crippen LogP contribution in [0.3, 0.4) is 0 Å². The molecule has 1 aliphatic heterocycles. The zero-order valence-electron chi connectivity index (χ0n) is 21.7. The molecule has 1 aliphatic rings. The number of halogens is 3. The van der Waals surface area contributed by atoms with Crippen molar-refractivity contribution in [2.45, 2.75) is 44.5 Å². The zero-order valence-corrected chi connectivity index (χ0v) is 22.5. The molecule has 13 heteroatoms. The Morgan fingerprint density at radius 2 is 1.77 bits per heavy atom. The normalized spacial score (nSPS) is 14.4. The van der Waals surface area contributed by atoms with Gasteiger partial charge in [-0.3, -0.25) is 14.2 Å². The quantitative estimate of drug-likeness (QED) is 0.255. The highest BCUT2D eigenvalue weighted by molar-refractivity contribution is 7.90. The zero-order chi connectivity index (χ0) is 28.2. The van der Waals surface area contributed by atoms with Gasteiger partial charge in [-0.25, -0.2) is 9.29 Å². The molecule has 0 aliphatic carbocycles. The highest BCUT2D eigenvalue weighted by Gasteiger charge is 2.50. The summed E-state index contributed by atoms with van der Waals surface area (Å²) in [6, 6.07) is 11.1. The van der Waals surface area contributed by atoms with Crippen molar-refractivity contribution in [3.63, 3.8) is 0 Å². The molecule has 0 spiro atoms. The van der Waals surface area contributed by atoms with Crippen molar-refractivity contribution in [1.82, 2.24) is 13.7 Å². The number of nitrogens with zero attached hydrogens (tertiary/aromatic N) is 5. The molecule has 210 valence electrons. The van der Waals surface area contributed by atoms with Crippen molar-refractivity contribution in [1.29, 1.82) is 0 Å². The number of hydrazone groups is 1. The Bertz CT molecular complexity index is 1450. The number of aryl methyl sites for hydroxylation is 3. The molecular formula is C26H30F3N5O4S. The van der Waals surface area contributed by atoms with E-state index in [0.717, 1.165) is 35.3 Å². The number of ether oxygens (including phenoxy) is 1. The Labute approximate surface area is 224 Å². The van der Waals surface area contributed by atoms with Gasteiger partial charge in [-0.05, 0) is 55.0 Å². The Balaban J connectivity index is 1.42. The predicted octanol–water partition coefficient (Wildman–Crippen LogP) is 4.21. The fraction of sp³-hybridized carbons (Fsp3) is 0.423. The molecule has 3 heterocycles. The van der Waals surface area contributed by atoms with E-state index in [1.807, 2.05) is 41.8 Å². The summed E-state index contributed by atoms with van der Waals surface area (Å²) in [5.74, 6) is -0.0101. The number of hydrogen-bond donors (Lipinski definition) is 0. The van der Waals surface area contributed by atoms with Crippen molar-refractivity contribution in [3.8, 4) is 0 Å². The number of sulfonamides is 1. The van der Waals surface area contributed by atoms with Crippen molar-refractivity contribution in [2.24, 2.45) is 5.10 Å². The van der Waals surface area contributed by atoms with Crippen LogP contribution in [0.2, 0.25) is 0 Å². The van der Waals surface area contributed by atoms with Crippen LogP contribution in [0.15, 0.2) is 47.7 Å². The van der Waals surface area contributed by atoms with Gasteiger partial charge < -0.3 is 4.74 Å². The minimum Gasteiger partial charge on any atom is -0.385 e. The van der Waals surface area contributed by atoms with Gasteiger partial charge in [0.15, 0.2) is 5.78 Å². The monoisotopic (exact) mass is 565 g/mol. The standard InChI is InChI=1S/C26H30F3N5O4S/c1-3-22-25(33-17-20(5-4-16-38-2)9-13-24(33)31-22)23(35)12-8-19-6-10-21(11-7-19)34-15-14-32(18-30-34)39(36,37)26(27,28)29/h6-7,9-11,13,17-18H,3-5,8,12,14-16H2,1-2H3. The van der Waals surface area contributed by atoms with Gasteiger partial charge in [0, 0.05) is 26.3 Å². The number of imidazole rings is 1. The van der Waals surface area contributed by atoms with Gasteiger partial charge in [-0.15, -0.1) is 0 Å². The second kappa shape index (κ2) is 11.7. The molecule has 0 atom stereocenters. The van der Waals surface area contributed by atoms with Crippen LogP contribution in [-0.2, 0) is 34.0 Å². The molecule has 39 heavy (non-hydrogen) atoms. The summed E-state index contributed by atoms with van der Waals surface area (Å²) >= 11 is 0. The van der Waals surface area contributed by atoms with Gasteiger partial charge in [0.05, 0.1) is 24.5 Å². The first-order chi connectivity index (χ1) is 18.5.